The summed E-state index contributed by atoms with van der Waals surface area (Å²) >= 11 is 0. The molecule has 2 N–H and O–H groups in total. The average molecular weight is 213 g/mol. The van der Waals surface area contributed by atoms with Crippen molar-refractivity contribution in [2.24, 2.45) is 5.73 Å². The number of benzene rings is 1. The van der Waals surface area contributed by atoms with Crippen molar-refractivity contribution in [1.29, 1.82) is 0 Å². The first-order valence-corrected chi connectivity index (χ1v) is 4.70. The van der Waals surface area contributed by atoms with Gasteiger partial charge in [0.05, 0.1) is 10.9 Å². The summed E-state index contributed by atoms with van der Waals surface area (Å²) in [4.78, 5) is 15.3. The first kappa shape index (κ1) is 8.84. The number of primary amides is 1. The fourth-order valence-electron chi connectivity index (χ4n) is 1.72. The van der Waals surface area contributed by atoms with Crippen LogP contribution in [0.2, 0.25) is 0 Å². The fraction of sp³-hybridized carbons (Fsp3) is 0. The lowest BCUT2D eigenvalue weighted by atomic mass is 10.1. The molecule has 0 spiro atoms. The molecule has 5 heteroatoms. The van der Waals surface area contributed by atoms with Gasteiger partial charge in [-0.25, -0.2) is 0 Å². The number of carbonyl (C=O) groups is 1. The number of nitrogens with two attached hydrogens (primary N) is 1. The molecule has 0 aliphatic rings. The van der Waals surface area contributed by atoms with E-state index < -0.39 is 5.91 Å². The van der Waals surface area contributed by atoms with Crippen LogP contribution in [0.1, 0.15) is 10.6 Å². The monoisotopic (exact) mass is 213 g/mol. The minimum absolute atomic E-state index is 0.0718. The zero-order valence-electron chi connectivity index (χ0n) is 8.18. The van der Waals surface area contributed by atoms with Gasteiger partial charge in [-0.2, -0.15) is 0 Å². The van der Waals surface area contributed by atoms with Gasteiger partial charge in [-0.1, -0.05) is 17.3 Å². The van der Waals surface area contributed by atoms with E-state index in [4.69, 9.17) is 10.3 Å². The summed E-state index contributed by atoms with van der Waals surface area (Å²) in [5.41, 5.74) is 6.44. The maximum absolute atomic E-state index is 11.1. The Morgan fingerprint density at radius 2 is 2.12 bits per heavy atom. The van der Waals surface area contributed by atoms with Gasteiger partial charge in [0.2, 0.25) is 5.76 Å². The molecule has 5 nitrogen and oxygen atoms in total. The minimum Gasteiger partial charge on any atom is -0.363 e. The van der Waals surface area contributed by atoms with E-state index in [0.717, 1.165) is 5.39 Å². The van der Waals surface area contributed by atoms with Crippen molar-refractivity contribution < 1.29 is 9.32 Å². The Kier molecular flexibility index (Phi) is 1.67. The molecule has 3 aromatic rings. The number of fused-ring (bicyclic) bond motifs is 3. The summed E-state index contributed by atoms with van der Waals surface area (Å²) in [6.07, 6.45) is 1.67. The summed E-state index contributed by atoms with van der Waals surface area (Å²) in [6.45, 7) is 0. The molecule has 2 heterocycles. The van der Waals surface area contributed by atoms with Gasteiger partial charge in [-0.05, 0) is 12.1 Å². The van der Waals surface area contributed by atoms with Crippen LogP contribution >= 0.6 is 0 Å². The highest BCUT2D eigenvalue weighted by atomic mass is 16.5. The molecule has 1 aromatic carbocycles. The third-order valence-electron chi connectivity index (χ3n) is 2.44. The smallest absolute Gasteiger partial charge is 0.287 e. The number of pyridine rings is 1. The predicted molar refractivity (Wildman–Crippen MR) is 57.8 cm³/mol. The van der Waals surface area contributed by atoms with Gasteiger partial charge in [0.1, 0.15) is 5.52 Å². The van der Waals surface area contributed by atoms with Gasteiger partial charge in [-0.3, -0.25) is 9.78 Å². The van der Waals surface area contributed by atoms with Crippen LogP contribution in [0.25, 0.3) is 21.8 Å². The van der Waals surface area contributed by atoms with Crippen LogP contribution in [0.4, 0.5) is 0 Å². The number of carbonyl (C=O) groups excluding carboxylic acids is 1. The number of nitrogens with zero attached hydrogens (tertiary/aromatic N) is 2. The van der Waals surface area contributed by atoms with Gasteiger partial charge in [0, 0.05) is 11.6 Å². The lowest BCUT2D eigenvalue weighted by Crippen LogP contribution is -2.09. The third-order valence-corrected chi connectivity index (χ3v) is 2.44. The Balaban J connectivity index is 2.49. The molecule has 0 bridgehead atoms. The van der Waals surface area contributed by atoms with Gasteiger partial charge < -0.3 is 10.3 Å². The topological polar surface area (TPSA) is 82.0 Å². The van der Waals surface area contributed by atoms with Crippen LogP contribution in [0.5, 0.6) is 0 Å². The summed E-state index contributed by atoms with van der Waals surface area (Å²) in [5, 5.41) is 5.37. The van der Waals surface area contributed by atoms with Crippen molar-refractivity contribution in [2.75, 3.05) is 0 Å². The second-order valence-electron chi connectivity index (χ2n) is 3.41. The molecule has 2 aromatic heterocycles. The van der Waals surface area contributed by atoms with E-state index in [0.29, 0.717) is 16.4 Å². The molecular formula is C11H7N3O2. The van der Waals surface area contributed by atoms with Gasteiger partial charge in [0.15, 0.2) is 0 Å². The van der Waals surface area contributed by atoms with E-state index >= 15 is 0 Å². The molecule has 0 saturated carbocycles. The van der Waals surface area contributed by atoms with Crippen LogP contribution in [0.15, 0.2) is 35.0 Å². The Bertz CT molecular complexity index is 703. The molecule has 0 fully saturated rings. The molecule has 0 unspecified atom stereocenters. The average Bonchev–Trinajstić information content (AvgIpc) is 2.73. The molecule has 0 aliphatic heterocycles. The van der Waals surface area contributed by atoms with Crippen molar-refractivity contribution >= 4 is 27.7 Å². The number of rotatable bonds is 1. The quantitative estimate of drug-likeness (QED) is 0.663. The summed E-state index contributed by atoms with van der Waals surface area (Å²) in [6, 6.07) is 7.37. The Morgan fingerprint density at radius 1 is 1.25 bits per heavy atom. The highest BCUT2D eigenvalue weighted by Gasteiger charge is 2.15. The van der Waals surface area contributed by atoms with Gasteiger partial charge in [-0.15, -0.1) is 0 Å². The second-order valence-corrected chi connectivity index (χ2v) is 3.41. The predicted octanol–water partition coefficient (Wildman–Crippen LogP) is 1.47. The molecule has 16 heavy (non-hydrogen) atoms. The molecule has 3 rings (SSSR count). The number of aromatic nitrogens is 2. The van der Waals surface area contributed by atoms with Crippen LogP contribution < -0.4 is 5.73 Å². The van der Waals surface area contributed by atoms with Crippen molar-refractivity contribution in [1.82, 2.24) is 10.1 Å². The van der Waals surface area contributed by atoms with E-state index in [1.807, 2.05) is 18.2 Å². The Hall–Kier alpha value is -2.43. The molecule has 78 valence electrons. The molecule has 0 aliphatic carbocycles. The highest BCUT2D eigenvalue weighted by molar-refractivity contribution is 6.10. The first-order valence-electron chi connectivity index (χ1n) is 4.70. The normalized spacial score (nSPS) is 11.0. The second kappa shape index (κ2) is 3.03. The Morgan fingerprint density at radius 3 is 2.94 bits per heavy atom. The summed E-state index contributed by atoms with van der Waals surface area (Å²) < 4.78 is 4.92. The van der Waals surface area contributed by atoms with E-state index in [2.05, 4.69) is 10.1 Å². The summed E-state index contributed by atoms with van der Waals surface area (Å²) in [5.74, 6) is -0.555. The number of hydrogen-bond donors (Lipinski definition) is 1. The van der Waals surface area contributed by atoms with Crippen molar-refractivity contribution in [2.45, 2.75) is 0 Å². The number of amides is 1. The van der Waals surface area contributed by atoms with Crippen LogP contribution in [0, 0.1) is 0 Å². The van der Waals surface area contributed by atoms with Crippen molar-refractivity contribution in [3.8, 4) is 0 Å². The maximum Gasteiger partial charge on any atom is 0.287 e. The summed E-state index contributed by atoms with van der Waals surface area (Å²) in [7, 11) is 0. The lowest BCUT2D eigenvalue weighted by Gasteiger charge is -1.95. The van der Waals surface area contributed by atoms with E-state index in [-0.39, 0.29) is 5.76 Å². The first-order chi connectivity index (χ1) is 7.77. The SMILES string of the molecule is NC(=O)c1onc2c1ccc1cccnc12. The largest absolute Gasteiger partial charge is 0.363 e. The van der Waals surface area contributed by atoms with E-state index in [1.165, 1.54) is 0 Å². The number of hydrogen-bond acceptors (Lipinski definition) is 4. The zero-order valence-corrected chi connectivity index (χ0v) is 8.18. The van der Waals surface area contributed by atoms with Crippen LogP contribution in [0.3, 0.4) is 0 Å². The zero-order chi connectivity index (χ0) is 11.1. The standard InChI is InChI=1S/C11H7N3O2/c12-11(15)10-7-4-3-6-2-1-5-13-8(6)9(7)14-16-10/h1-5H,(H2,12,15). The molecule has 0 saturated heterocycles. The highest BCUT2D eigenvalue weighted by Crippen LogP contribution is 2.24. The third kappa shape index (κ3) is 1.08. The minimum atomic E-state index is -0.627. The van der Waals surface area contributed by atoms with E-state index in [9.17, 15) is 4.79 Å². The van der Waals surface area contributed by atoms with Gasteiger partial charge in [0.25, 0.3) is 5.91 Å². The van der Waals surface area contributed by atoms with Crippen molar-refractivity contribution in [3.05, 3.63) is 36.2 Å². The molecule has 0 atom stereocenters. The molecular weight excluding hydrogens is 206 g/mol. The fourth-order valence-corrected chi connectivity index (χ4v) is 1.72. The van der Waals surface area contributed by atoms with Crippen LogP contribution in [-0.2, 0) is 0 Å². The van der Waals surface area contributed by atoms with Crippen LogP contribution in [-0.4, -0.2) is 16.0 Å². The lowest BCUT2D eigenvalue weighted by molar-refractivity contribution is 0.0967. The van der Waals surface area contributed by atoms with Crippen molar-refractivity contribution in [3.63, 3.8) is 0 Å². The molecule has 1 amide bonds. The molecule has 0 radical (unpaired) electrons. The van der Waals surface area contributed by atoms with E-state index in [1.54, 1.807) is 12.3 Å². The maximum atomic E-state index is 11.1. The Labute approximate surface area is 89.8 Å². The van der Waals surface area contributed by atoms with Gasteiger partial charge >= 0.3 is 0 Å².